The minimum Gasteiger partial charge on any atom is -0.481 e. The zero-order valence-corrected chi connectivity index (χ0v) is 10.1. The van der Waals surface area contributed by atoms with Gasteiger partial charge in [-0.1, -0.05) is 0 Å². The molecule has 17 heavy (non-hydrogen) atoms. The zero-order valence-electron chi connectivity index (χ0n) is 9.31. The smallest absolute Gasteiger partial charge is 0.304 e. The quantitative estimate of drug-likeness (QED) is 0.496. The van der Waals surface area contributed by atoms with E-state index in [1.165, 1.54) is 0 Å². The van der Waals surface area contributed by atoms with E-state index in [-0.39, 0.29) is 43.0 Å². The Hall–Kier alpha value is -1.15. The maximum absolute atomic E-state index is 11.3. The van der Waals surface area contributed by atoms with Crippen LogP contribution < -0.4 is 10.6 Å². The fourth-order valence-electron chi connectivity index (χ4n) is 1.58. The summed E-state index contributed by atoms with van der Waals surface area (Å²) < 4.78 is 22.3. The van der Waals surface area contributed by atoms with E-state index in [0.717, 1.165) is 0 Å². The number of rotatable bonds is 6. The molecule has 1 aliphatic rings. The van der Waals surface area contributed by atoms with Gasteiger partial charge in [-0.3, -0.25) is 9.59 Å². The molecule has 3 N–H and O–H groups in total. The van der Waals surface area contributed by atoms with Crippen LogP contribution in [0.5, 0.6) is 0 Å². The molecule has 1 unspecified atom stereocenters. The molecule has 0 bridgehead atoms. The van der Waals surface area contributed by atoms with E-state index in [4.69, 9.17) is 5.11 Å². The highest BCUT2D eigenvalue weighted by Gasteiger charge is 2.28. The molecule has 0 spiro atoms. The van der Waals surface area contributed by atoms with Crippen LogP contribution in [0.25, 0.3) is 0 Å². The molecule has 7 nitrogen and oxygen atoms in total. The minimum absolute atomic E-state index is 0.00380. The second-order valence-corrected chi connectivity index (χ2v) is 6.22. The largest absolute Gasteiger partial charge is 0.481 e. The van der Waals surface area contributed by atoms with Crippen molar-refractivity contribution in [3.63, 3.8) is 0 Å². The van der Waals surface area contributed by atoms with Crippen molar-refractivity contribution in [3.05, 3.63) is 0 Å². The number of carbonyl (C=O) groups excluding carboxylic acids is 1. The Kier molecular flexibility index (Phi) is 4.88. The molecule has 0 saturated carbocycles. The SMILES string of the molecule is O=C(O)CCNCC(=O)NC1CCS(=O)(=O)C1. The number of hydrogen-bond acceptors (Lipinski definition) is 5. The number of carboxylic acids is 1. The molecule has 0 aromatic heterocycles. The van der Waals surface area contributed by atoms with Crippen LogP contribution in [0, 0.1) is 0 Å². The maximum Gasteiger partial charge on any atom is 0.304 e. The number of hydrogen-bond donors (Lipinski definition) is 3. The first-order valence-corrected chi connectivity index (χ1v) is 7.13. The molecule has 0 aromatic rings. The third-order valence-electron chi connectivity index (χ3n) is 2.40. The second kappa shape index (κ2) is 5.97. The van der Waals surface area contributed by atoms with Crippen LogP contribution in [0.15, 0.2) is 0 Å². The predicted molar refractivity (Wildman–Crippen MR) is 60.3 cm³/mol. The van der Waals surface area contributed by atoms with Gasteiger partial charge in [0.2, 0.25) is 5.91 Å². The Morgan fingerprint density at radius 1 is 1.35 bits per heavy atom. The summed E-state index contributed by atoms with van der Waals surface area (Å²) >= 11 is 0. The Morgan fingerprint density at radius 3 is 2.59 bits per heavy atom. The molecule has 1 rings (SSSR count). The van der Waals surface area contributed by atoms with Gasteiger partial charge in [0.05, 0.1) is 24.5 Å². The summed E-state index contributed by atoms with van der Waals surface area (Å²) in [6, 6.07) is -0.311. The Labute approximate surface area is 99.5 Å². The molecule has 8 heteroatoms. The average molecular weight is 264 g/mol. The molecule has 1 fully saturated rings. The highest BCUT2D eigenvalue weighted by Crippen LogP contribution is 2.10. The third kappa shape index (κ3) is 5.64. The lowest BCUT2D eigenvalue weighted by Crippen LogP contribution is -2.41. The van der Waals surface area contributed by atoms with E-state index in [1.54, 1.807) is 0 Å². The number of nitrogens with one attached hydrogen (secondary N) is 2. The lowest BCUT2D eigenvalue weighted by molar-refractivity contribution is -0.137. The molecule has 1 saturated heterocycles. The van der Waals surface area contributed by atoms with E-state index in [9.17, 15) is 18.0 Å². The zero-order chi connectivity index (χ0) is 12.9. The lowest BCUT2D eigenvalue weighted by Gasteiger charge is -2.10. The van der Waals surface area contributed by atoms with Crippen molar-refractivity contribution in [1.29, 1.82) is 0 Å². The summed E-state index contributed by atoms with van der Waals surface area (Å²) in [5.74, 6) is -1.13. The Balaban J connectivity index is 2.16. The van der Waals surface area contributed by atoms with Crippen LogP contribution in [0.1, 0.15) is 12.8 Å². The molecule has 0 radical (unpaired) electrons. The molecular weight excluding hydrogens is 248 g/mol. The Bertz CT molecular complexity index is 392. The number of amides is 1. The van der Waals surface area contributed by atoms with Crippen LogP contribution in [0.4, 0.5) is 0 Å². The van der Waals surface area contributed by atoms with Crippen LogP contribution in [-0.4, -0.2) is 56.0 Å². The van der Waals surface area contributed by atoms with E-state index in [1.807, 2.05) is 0 Å². The van der Waals surface area contributed by atoms with Gasteiger partial charge in [-0.15, -0.1) is 0 Å². The highest BCUT2D eigenvalue weighted by atomic mass is 32.2. The summed E-state index contributed by atoms with van der Waals surface area (Å²) in [6.45, 7) is 0.218. The van der Waals surface area contributed by atoms with E-state index >= 15 is 0 Å². The van der Waals surface area contributed by atoms with Crippen molar-refractivity contribution in [2.45, 2.75) is 18.9 Å². The summed E-state index contributed by atoms with van der Waals surface area (Å²) in [5.41, 5.74) is 0. The topological polar surface area (TPSA) is 113 Å². The fourth-order valence-corrected chi connectivity index (χ4v) is 3.26. The van der Waals surface area contributed by atoms with Crippen LogP contribution >= 0.6 is 0 Å². The van der Waals surface area contributed by atoms with E-state index in [2.05, 4.69) is 10.6 Å². The van der Waals surface area contributed by atoms with Crippen molar-refractivity contribution >= 4 is 21.7 Å². The van der Waals surface area contributed by atoms with Crippen molar-refractivity contribution in [1.82, 2.24) is 10.6 Å². The third-order valence-corrected chi connectivity index (χ3v) is 4.17. The summed E-state index contributed by atoms with van der Waals surface area (Å²) in [5, 5.41) is 13.6. The second-order valence-electron chi connectivity index (χ2n) is 3.99. The molecule has 98 valence electrons. The fraction of sp³-hybridized carbons (Fsp3) is 0.778. The van der Waals surface area contributed by atoms with Crippen LogP contribution in [-0.2, 0) is 19.4 Å². The van der Waals surface area contributed by atoms with Crippen LogP contribution in [0.3, 0.4) is 0 Å². The van der Waals surface area contributed by atoms with Gasteiger partial charge in [-0.25, -0.2) is 8.42 Å². The summed E-state index contributed by atoms with van der Waals surface area (Å²) in [6.07, 6.45) is 0.397. The molecule has 1 heterocycles. The predicted octanol–water partition coefficient (Wildman–Crippen LogP) is -1.65. The summed E-state index contributed by atoms with van der Waals surface area (Å²) in [4.78, 5) is 21.5. The standard InChI is InChI=1S/C9H16N2O5S/c12-8(5-10-3-1-9(13)14)11-7-2-4-17(15,16)6-7/h7,10H,1-6H2,(H,11,12)(H,13,14). The van der Waals surface area contributed by atoms with Gasteiger partial charge in [0.25, 0.3) is 0 Å². The van der Waals surface area contributed by atoms with Crippen LogP contribution in [0.2, 0.25) is 0 Å². The van der Waals surface area contributed by atoms with E-state index in [0.29, 0.717) is 6.42 Å². The normalized spacial score (nSPS) is 22.2. The van der Waals surface area contributed by atoms with Gasteiger partial charge >= 0.3 is 5.97 Å². The Morgan fingerprint density at radius 2 is 2.06 bits per heavy atom. The first kappa shape index (κ1) is 13.9. The van der Waals surface area contributed by atoms with E-state index < -0.39 is 15.8 Å². The van der Waals surface area contributed by atoms with Gasteiger partial charge in [0.15, 0.2) is 9.84 Å². The molecule has 1 atom stereocenters. The van der Waals surface area contributed by atoms with Crippen molar-refractivity contribution in [2.75, 3.05) is 24.6 Å². The van der Waals surface area contributed by atoms with Crippen molar-refractivity contribution in [3.8, 4) is 0 Å². The van der Waals surface area contributed by atoms with Gasteiger partial charge in [0, 0.05) is 12.6 Å². The number of carboxylic acid groups (broad SMARTS) is 1. The monoisotopic (exact) mass is 264 g/mol. The molecule has 1 amide bonds. The average Bonchev–Trinajstić information content (AvgIpc) is 2.52. The van der Waals surface area contributed by atoms with Crippen molar-refractivity contribution < 1.29 is 23.1 Å². The molecule has 0 aliphatic carbocycles. The number of carbonyl (C=O) groups is 2. The molecular formula is C9H16N2O5S. The number of sulfone groups is 1. The first-order valence-electron chi connectivity index (χ1n) is 5.31. The summed E-state index contributed by atoms with van der Waals surface area (Å²) in [7, 11) is -2.99. The molecule has 1 aliphatic heterocycles. The first-order chi connectivity index (χ1) is 7.89. The molecule has 0 aromatic carbocycles. The highest BCUT2D eigenvalue weighted by molar-refractivity contribution is 7.91. The maximum atomic E-state index is 11.3. The van der Waals surface area contributed by atoms with Gasteiger partial charge in [-0.2, -0.15) is 0 Å². The van der Waals surface area contributed by atoms with Gasteiger partial charge in [-0.05, 0) is 6.42 Å². The van der Waals surface area contributed by atoms with Gasteiger partial charge in [0.1, 0.15) is 0 Å². The lowest BCUT2D eigenvalue weighted by atomic mass is 10.2. The number of aliphatic carboxylic acids is 1. The van der Waals surface area contributed by atoms with Crippen molar-refractivity contribution in [2.24, 2.45) is 0 Å². The minimum atomic E-state index is -2.99. The van der Waals surface area contributed by atoms with Gasteiger partial charge < -0.3 is 15.7 Å².